The fraction of sp³-hybridized carbons (Fsp3) is 0.250. The van der Waals surface area contributed by atoms with Crippen molar-refractivity contribution in [3.63, 3.8) is 0 Å². The maximum atomic E-state index is 3.88. The molecule has 2 aromatic carbocycles. The first-order valence-corrected chi connectivity index (χ1v) is 15.3. The van der Waals surface area contributed by atoms with Crippen LogP contribution in [0.5, 0.6) is 0 Å². The van der Waals surface area contributed by atoms with Crippen molar-refractivity contribution in [3.05, 3.63) is 130 Å². The molecular formula is C32H30Cl2SiZr. The minimum absolute atomic E-state index is 0. The molecule has 0 amide bonds. The fourth-order valence-electron chi connectivity index (χ4n) is 6.41. The zero-order chi connectivity index (χ0) is 22.7. The van der Waals surface area contributed by atoms with E-state index in [0.29, 0.717) is 11.8 Å². The van der Waals surface area contributed by atoms with Crippen molar-refractivity contribution < 1.29 is 51.0 Å². The van der Waals surface area contributed by atoms with Gasteiger partial charge in [-0.1, -0.05) is 74.5 Å². The molecule has 0 nitrogen and oxygen atoms in total. The molecule has 36 heavy (non-hydrogen) atoms. The third-order valence-electron chi connectivity index (χ3n) is 7.92. The summed E-state index contributed by atoms with van der Waals surface area (Å²) in [5.74, 6) is 0.719. The zero-order valence-corrected chi connectivity index (χ0v) is 26.2. The molecule has 4 aliphatic rings. The number of benzene rings is 2. The molecular weight excluding hydrogens is 575 g/mol. The van der Waals surface area contributed by atoms with Crippen molar-refractivity contribution >= 4 is 18.4 Å². The van der Waals surface area contributed by atoms with Crippen LogP contribution in [0.15, 0.2) is 84.0 Å². The first-order valence-electron chi connectivity index (χ1n) is 12.3. The van der Waals surface area contributed by atoms with Gasteiger partial charge < -0.3 is 24.8 Å². The number of aryl methyl sites for hydroxylation is 2. The molecule has 0 saturated carbocycles. The van der Waals surface area contributed by atoms with Crippen LogP contribution in [0.1, 0.15) is 59.1 Å². The largest absolute Gasteiger partial charge is 4.00 e. The number of halogens is 2. The van der Waals surface area contributed by atoms with Crippen LogP contribution in [0.2, 0.25) is 13.1 Å². The number of rotatable bonds is 4. The summed E-state index contributed by atoms with van der Waals surface area (Å²) in [5, 5.41) is 3.17. The van der Waals surface area contributed by atoms with Gasteiger partial charge in [0.15, 0.2) is 0 Å². The van der Waals surface area contributed by atoms with Crippen LogP contribution in [0.25, 0.3) is 0 Å². The van der Waals surface area contributed by atoms with E-state index < -0.39 is 8.07 Å². The Morgan fingerprint density at radius 2 is 1.08 bits per heavy atom. The molecule has 2 aromatic rings. The maximum absolute atomic E-state index is 3.88. The average molecular weight is 605 g/mol. The monoisotopic (exact) mass is 602 g/mol. The van der Waals surface area contributed by atoms with Gasteiger partial charge in [-0.3, -0.25) is 0 Å². The number of hydrogen-bond acceptors (Lipinski definition) is 0. The third-order valence-corrected chi connectivity index (χ3v) is 11.6. The molecule has 0 spiro atoms. The predicted molar refractivity (Wildman–Crippen MR) is 142 cm³/mol. The van der Waals surface area contributed by atoms with Gasteiger partial charge in [-0.15, -0.1) is 92.4 Å². The van der Waals surface area contributed by atoms with Crippen LogP contribution >= 0.6 is 0 Å². The van der Waals surface area contributed by atoms with E-state index >= 15 is 0 Å². The zero-order valence-electron chi connectivity index (χ0n) is 21.3. The Bertz CT molecular complexity index is 1270. The van der Waals surface area contributed by atoms with E-state index in [1.54, 1.807) is 10.4 Å². The Balaban J connectivity index is 0.00000120. The molecule has 6 rings (SSSR count). The topological polar surface area (TPSA) is 0 Å². The number of hydrogen-bond donors (Lipinski definition) is 0. The van der Waals surface area contributed by atoms with E-state index in [9.17, 15) is 0 Å². The van der Waals surface area contributed by atoms with Crippen molar-refractivity contribution in [2.75, 3.05) is 0 Å². The van der Waals surface area contributed by atoms with Gasteiger partial charge in [-0.05, 0) is 24.7 Å². The molecule has 4 heteroatoms. The fourth-order valence-corrected chi connectivity index (χ4v) is 10.4. The Labute approximate surface area is 249 Å². The van der Waals surface area contributed by atoms with E-state index in [1.165, 1.54) is 44.5 Å². The third kappa shape index (κ3) is 4.33. The summed E-state index contributed by atoms with van der Waals surface area (Å²) in [6.07, 6.45) is 27.7. The van der Waals surface area contributed by atoms with Crippen molar-refractivity contribution in [3.8, 4) is 0 Å². The van der Waals surface area contributed by atoms with Crippen molar-refractivity contribution in [2.45, 2.75) is 51.6 Å². The molecule has 0 bridgehead atoms. The molecule has 0 heterocycles. The summed E-state index contributed by atoms with van der Waals surface area (Å²) >= 11 is 0. The molecule has 0 fully saturated rings. The van der Waals surface area contributed by atoms with Gasteiger partial charge in [0.1, 0.15) is 0 Å². The van der Waals surface area contributed by atoms with Gasteiger partial charge in [0, 0.05) is 8.07 Å². The molecule has 2 unspecified atom stereocenters. The second-order valence-electron chi connectivity index (χ2n) is 10.1. The van der Waals surface area contributed by atoms with E-state index in [-0.39, 0.29) is 51.0 Å². The Kier molecular flexibility index (Phi) is 9.00. The smallest absolute Gasteiger partial charge is 1.00 e. The van der Waals surface area contributed by atoms with Gasteiger partial charge in [0.2, 0.25) is 0 Å². The summed E-state index contributed by atoms with van der Waals surface area (Å²) in [7, 11) is -2.08. The molecule has 0 aromatic heterocycles. The van der Waals surface area contributed by atoms with Crippen molar-refractivity contribution in [2.24, 2.45) is 0 Å². The summed E-state index contributed by atoms with van der Waals surface area (Å²) in [6, 6.07) is 9.54. The Morgan fingerprint density at radius 1 is 0.667 bits per heavy atom. The Hall–Kier alpha value is -1.44. The minimum atomic E-state index is -2.08. The second kappa shape index (κ2) is 11.1. The molecule has 0 N–H and O–H groups in total. The van der Waals surface area contributed by atoms with Crippen molar-refractivity contribution in [1.29, 1.82) is 0 Å². The summed E-state index contributed by atoms with van der Waals surface area (Å²) < 4.78 is 0. The van der Waals surface area contributed by atoms with E-state index in [4.69, 9.17) is 0 Å². The predicted octanol–water partition coefficient (Wildman–Crippen LogP) is 0.241. The van der Waals surface area contributed by atoms with E-state index in [1.807, 2.05) is 0 Å². The van der Waals surface area contributed by atoms with Crippen LogP contribution in [-0.4, -0.2) is 8.07 Å². The van der Waals surface area contributed by atoms with Crippen LogP contribution < -0.4 is 35.2 Å². The Morgan fingerprint density at radius 3 is 1.47 bits per heavy atom. The summed E-state index contributed by atoms with van der Waals surface area (Å²) in [4.78, 5) is 0. The summed E-state index contributed by atoms with van der Waals surface area (Å²) in [6.45, 7) is 9.74. The normalized spacial score (nSPS) is 19.7. The minimum Gasteiger partial charge on any atom is -1.00 e. The van der Waals surface area contributed by atoms with Gasteiger partial charge in [-0.25, -0.2) is 0 Å². The quantitative estimate of drug-likeness (QED) is 0.347. The second-order valence-corrected chi connectivity index (χ2v) is 14.3. The molecule has 0 radical (unpaired) electrons. The average Bonchev–Trinajstić information content (AvgIpc) is 3.40. The first-order chi connectivity index (χ1) is 16.0. The van der Waals surface area contributed by atoms with Crippen LogP contribution in [-0.2, 0) is 39.0 Å². The van der Waals surface area contributed by atoms with Crippen molar-refractivity contribution in [1.82, 2.24) is 0 Å². The first kappa shape index (κ1) is 29.1. The molecule has 4 aliphatic carbocycles. The maximum Gasteiger partial charge on any atom is 4.00 e. The van der Waals surface area contributed by atoms with Gasteiger partial charge in [0.05, 0.1) is 0 Å². The van der Waals surface area contributed by atoms with Crippen LogP contribution in [0.3, 0.4) is 0 Å². The molecule has 180 valence electrons. The number of allylic oxidation sites excluding steroid dienone is 10. The van der Waals surface area contributed by atoms with Gasteiger partial charge >= 0.3 is 26.2 Å². The standard InChI is InChI=1S/C32H30Si.2ClH.Zr/c1-5-21-15-17-27-25-13-9-7-11-23(25)19-29(27)31(21)33(3,4)32-22(6-2)16-18-28-26-14-10-8-12-24(26)20-30(28)32;;;/h7-18,25-26H,5-6H2,1-4H3;2*1H;/q-2;;;+4/p-2. The SMILES string of the molecule is CCc1ccc2c(c1[Si](C)(C)c1c(CC)ccc3c1[C-]=C1C=CC=CC13)[C-]=C1C=CC=CC12.[Cl-].[Cl-].[Zr+4]. The van der Waals surface area contributed by atoms with E-state index in [2.05, 4.69) is 112 Å². The molecule has 2 atom stereocenters. The van der Waals surface area contributed by atoms with Crippen LogP contribution in [0.4, 0.5) is 0 Å². The van der Waals surface area contributed by atoms with Gasteiger partial charge in [-0.2, -0.15) is 0 Å². The summed E-state index contributed by atoms with van der Waals surface area (Å²) in [5.41, 5.74) is 11.2. The molecule has 0 saturated heterocycles. The number of fused-ring (bicyclic) bond motifs is 6. The van der Waals surface area contributed by atoms with E-state index in [0.717, 1.165) is 12.8 Å². The van der Waals surface area contributed by atoms with Crippen LogP contribution in [0, 0.1) is 12.2 Å². The van der Waals surface area contributed by atoms with Gasteiger partial charge in [0.25, 0.3) is 0 Å². The molecule has 0 aliphatic heterocycles.